The van der Waals surface area contributed by atoms with E-state index in [0.29, 0.717) is 0 Å². The van der Waals surface area contributed by atoms with Gasteiger partial charge in [-0.25, -0.2) is 9.78 Å². The summed E-state index contributed by atoms with van der Waals surface area (Å²) in [6, 6.07) is 0. The third-order valence-electron chi connectivity index (χ3n) is 2.61. The van der Waals surface area contributed by atoms with Crippen LogP contribution >= 0.6 is 0 Å². The Bertz CT molecular complexity index is 108. The highest BCUT2D eigenvalue weighted by atomic mass is 17.2. The lowest BCUT2D eigenvalue weighted by atomic mass is 9.96. The fraction of sp³-hybridized carbons (Fsp3) is 1.00. The highest BCUT2D eigenvalue weighted by molar-refractivity contribution is 4.86. The minimum Gasteiger partial charge on any atom is -0.236 e. The van der Waals surface area contributed by atoms with Gasteiger partial charge in [-0.05, 0) is 25.7 Å². The van der Waals surface area contributed by atoms with E-state index < -0.39 is 0 Å². The molecule has 0 aromatic heterocycles. The van der Waals surface area contributed by atoms with E-state index in [-0.39, 0.29) is 5.60 Å². The Morgan fingerprint density at radius 3 is 2.20 bits per heavy atom. The van der Waals surface area contributed by atoms with Gasteiger partial charge in [0.05, 0.1) is 6.61 Å². The second-order valence-electron chi connectivity index (χ2n) is 3.40. The summed E-state index contributed by atoms with van der Waals surface area (Å²) >= 11 is 0. The molecule has 0 unspecified atom stereocenters. The van der Waals surface area contributed by atoms with Crippen molar-refractivity contribution in [3.8, 4) is 0 Å². The van der Waals surface area contributed by atoms with Crippen molar-refractivity contribution in [2.45, 2.75) is 44.1 Å². The van der Waals surface area contributed by atoms with Crippen LogP contribution in [0.1, 0.15) is 38.5 Å². The average molecular weight is 142 g/mol. The highest BCUT2D eigenvalue weighted by Gasteiger charge is 2.37. The summed E-state index contributed by atoms with van der Waals surface area (Å²) < 4.78 is 0. The van der Waals surface area contributed by atoms with Crippen LogP contribution in [0.25, 0.3) is 0 Å². The second kappa shape index (κ2) is 2.51. The van der Waals surface area contributed by atoms with E-state index >= 15 is 0 Å². The molecule has 0 radical (unpaired) electrons. The van der Waals surface area contributed by atoms with Crippen LogP contribution in [0.3, 0.4) is 0 Å². The van der Waals surface area contributed by atoms with E-state index in [1.54, 1.807) is 0 Å². The lowest BCUT2D eigenvalue weighted by Crippen LogP contribution is -2.33. The zero-order valence-electron chi connectivity index (χ0n) is 6.27. The summed E-state index contributed by atoms with van der Waals surface area (Å²) in [5.41, 5.74) is 0.151. The Morgan fingerprint density at radius 2 is 1.60 bits per heavy atom. The Balaban J connectivity index is 1.98. The zero-order chi connectivity index (χ0) is 6.86. The Labute approximate surface area is 61.4 Å². The molecule has 1 spiro atoms. The summed E-state index contributed by atoms with van der Waals surface area (Å²) in [5, 5.41) is 0. The summed E-state index contributed by atoms with van der Waals surface area (Å²) in [4.78, 5) is 10.3. The molecule has 1 aliphatic carbocycles. The van der Waals surface area contributed by atoms with Crippen LogP contribution in [0, 0.1) is 0 Å². The van der Waals surface area contributed by atoms with Crippen molar-refractivity contribution in [1.82, 2.24) is 0 Å². The third-order valence-corrected chi connectivity index (χ3v) is 2.61. The highest BCUT2D eigenvalue weighted by Crippen LogP contribution is 2.39. The van der Waals surface area contributed by atoms with E-state index in [2.05, 4.69) is 0 Å². The molecule has 0 atom stereocenters. The van der Waals surface area contributed by atoms with Gasteiger partial charge in [0.2, 0.25) is 0 Å². The Morgan fingerprint density at radius 1 is 0.900 bits per heavy atom. The molecular weight excluding hydrogens is 128 g/mol. The molecule has 2 aliphatic rings. The molecule has 0 bridgehead atoms. The van der Waals surface area contributed by atoms with E-state index in [1.807, 2.05) is 0 Å². The van der Waals surface area contributed by atoms with E-state index in [1.165, 1.54) is 38.5 Å². The largest absolute Gasteiger partial charge is 0.236 e. The molecule has 1 saturated carbocycles. The zero-order valence-corrected chi connectivity index (χ0v) is 6.27. The molecule has 0 N–H and O–H groups in total. The van der Waals surface area contributed by atoms with Crippen molar-refractivity contribution in [3.63, 3.8) is 0 Å². The maximum absolute atomic E-state index is 5.33. The fourth-order valence-electron chi connectivity index (χ4n) is 2.01. The van der Waals surface area contributed by atoms with Crippen molar-refractivity contribution in [2.75, 3.05) is 6.61 Å². The topological polar surface area (TPSA) is 18.5 Å². The number of rotatable bonds is 0. The van der Waals surface area contributed by atoms with Gasteiger partial charge < -0.3 is 0 Å². The monoisotopic (exact) mass is 142 g/mol. The minimum atomic E-state index is 0.151. The first-order valence-corrected chi connectivity index (χ1v) is 4.22. The lowest BCUT2D eigenvalue weighted by molar-refractivity contribution is -0.381. The van der Waals surface area contributed by atoms with Crippen molar-refractivity contribution in [3.05, 3.63) is 0 Å². The van der Waals surface area contributed by atoms with Gasteiger partial charge in [0.25, 0.3) is 0 Å². The summed E-state index contributed by atoms with van der Waals surface area (Å²) in [6.07, 6.45) is 7.47. The first-order chi connectivity index (χ1) is 4.91. The Kier molecular flexibility index (Phi) is 1.66. The molecular formula is C8H14O2. The van der Waals surface area contributed by atoms with Crippen molar-refractivity contribution < 1.29 is 9.78 Å². The first-order valence-electron chi connectivity index (χ1n) is 4.22. The molecule has 2 nitrogen and oxygen atoms in total. The maximum atomic E-state index is 5.33. The molecule has 2 heteroatoms. The standard InChI is InChI=1S/C8H14O2/c1-2-5-8(4-1)6-3-7-9-10-8/h1-7H2. The van der Waals surface area contributed by atoms with Crippen molar-refractivity contribution in [1.29, 1.82) is 0 Å². The number of hydrogen-bond donors (Lipinski definition) is 0. The van der Waals surface area contributed by atoms with Crippen LogP contribution in [0.5, 0.6) is 0 Å². The van der Waals surface area contributed by atoms with Crippen LogP contribution in [0.2, 0.25) is 0 Å². The molecule has 0 aromatic carbocycles. The van der Waals surface area contributed by atoms with Gasteiger partial charge in [0.1, 0.15) is 5.60 Å². The summed E-state index contributed by atoms with van der Waals surface area (Å²) in [6.45, 7) is 0.793. The molecule has 1 heterocycles. The molecule has 2 fully saturated rings. The molecule has 0 aromatic rings. The Hall–Kier alpha value is -0.0800. The quantitative estimate of drug-likeness (QED) is 0.482. The van der Waals surface area contributed by atoms with Crippen LogP contribution in [-0.2, 0) is 9.78 Å². The van der Waals surface area contributed by atoms with Crippen molar-refractivity contribution in [2.24, 2.45) is 0 Å². The summed E-state index contributed by atoms with van der Waals surface area (Å²) in [7, 11) is 0. The van der Waals surface area contributed by atoms with Crippen molar-refractivity contribution >= 4 is 0 Å². The van der Waals surface area contributed by atoms with Crippen LogP contribution in [0.4, 0.5) is 0 Å². The van der Waals surface area contributed by atoms with Gasteiger partial charge in [0, 0.05) is 0 Å². The normalized spacial score (nSPS) is 31.2. The molecule has 1 saturated heterocycles. The third kappa shape index (κ3) is 1.06. The van der Waals surface area contributed by atoms with Gasteiger partial charge >= 0.3 is 0 Å². The van der Waals surface area contributed by atoms with Gasteiger partial charge in [-0.2, -0.15) is 0 Å². The van der Waals surface area contributed by atoms with Crippen LogP contribution in [-0.4, -0.2) is 12.2 Å². The molecule has 2 rings (SSSR count). The molecule has 58 valence electrons. The molecule has 10 heavy (non-hydrogen) atoms. The number of hydrogen-bond acceptors (Lipinski definition) is 2. The van der Waals surface area contributed by atoms with Gasteiger partial charge in [0.15, 0.2) is 0 Å². The maximum Gasteiger partial charge on any atom is 0.104 e. The van der Waals surface area contributed by atoms with E-state index in [9.17, 15) is 0 Å². The van der Waals surface area contributed by atoms with Crippen LogP contribution in [0.15, 0.2) is 0 Å². The predicted molar refractivity (Wildman–Crippen MR) is 37.5 cm³/mol. The SMILES string of the molecule is C1CCC2(C1)CCCOO2. The fourth-order valence-corrected chi connectivity index (χ4v) is 2.01. The average Bonchev–Trinajstić information content (AvgIpc) is 2.39. The second-order valence-corrected chi connectivity index (χ2v) is 3.40. The lowest BCUT2D eigenvalue weighted by Gasteiger charge is -2.31. The van der Waals surface area contributed by atoms with Gasteiger partial charge in [-0.1, -0.05) is 12.8 Å². The smallest absolute Gasteiger partial charge is 0.104 e. The summed E-state index contributed by atoms with van der Waals surface area (Å²) in [5.74, 6) is 0. The first kappa shape index (κ1) is 6.62. The van der Waals surface area contributed by atoms with E-state index in [0.717, 1.165) is 6.61 Å². The molecule has 1 aliphatic heterocycles. The predicted octanol–water partition coefficient (Wildman–Crippen LogP) is 2.04. The minimum absolute atomic E-state index is 0.151. The van der Waals surface area contributed by atoms with E-state index in [4.69, 9.17) is 9.78 Å². The molecule has 0 amide bonds. The van der Waals surface area contributed by atoms with Crippen LogP contribution < -0.4 is 0 Å². The van der Waals surface area contributed by atoms with Gasteiger partial charge in [-0.3, -0.25) is 0 Å². The van der Waals surface area contributed by atoms with Gasteiger partial charge in [-0.15, -0.1) is 0 Å².